The number of primary amides is 1. The second kappa shape index (κ2) is 8.61. The lowest BCUT2D eigenvalue weighted by molar-refractivity contribution is 0.0195. The van der Waals surface area contributed by atoms with Crippen LogP contribution in [0.5, 0.6) is 0 Å². The molecular formula is C13H26N2O4. The molecule has 1 atom stereocenters. The van der Waals surface area contributed by atoms with Crippen molar-refractivity contribution in [3.05, 3.63) is 0 Å². The Morgan fingerprint density at radius 3 is 2.21 bits per heavy atom. The van der Waals surface area contributed by atoms with Crippen molar-refractivity contribution >= 4 is 12.2 Å². The van der Waals surface area contributed by atoms with E-state index in [9.17, 15) is 9.59 Å². The Morgan fingerprint density at radius 2 is 1.79 bits per heavy atom. The van der Waals surface area contributed by atoms with Gasteiger partial charge in [0, 0.05) is 11.5 Å². The topological polar surface area (TPSA) is 90.7 Å². The summed E-state index contributed by atoms with van der Waals surface area (Å²) in [6.07, 6.45) is 1.18. The quantitative estimate of drug-likeness (QED) is 0.711. The largest absolute Gasteiger partial charge is 0.449 e. The average Bonchev–Trinajstić information content (AvgIpc) is 2.32. The van der Waals surface area contributed by atoms with E-state index in [2.05, 4.69) is 5.32 Å². The van der Waals surface area contributed by atoms with Gasteiger partial charge in [0.05, 0.1) is 0 Å². The summed E-state index contributed by atoms with van der Waals surface area (Å²) in [6, 6.07) is 0.0246. The van der Waals surface area contributed by atoms with Gasteiger partial charge in [0.1, 0.15) is 13.2 Å². The number of nitrogens with two attached hydrogens (primary N) is 1. The molecule has 2 amide bonds. The number of amides is 2. The van der Waals surface area contributed by atoms with Crippen LogP contribution >= 0.6 is 0 Å². The minimum atomic E-state index is -0.805. The highest BCUT2D eigenvalue weighted by molar-refractivity contribution is 5.67. The van der Waals surface area contributed by atoms with Crippen molar-refractivity contribution in [1.82, 2.24) is 5.32 Å². The molecule has 112 valence electrons. The van der Waals surface area contributed by atoms with Crippen LogP contribution in [0.1, 0.15) is 47.0 Å². The Labute approximate surface area is 115 Å². The molecule has 0 saturated heterocycles. The van der Waals surface area contributed by atoms with E-state index in [1.54, 1.807) is 0 Å². The van der Waals surface area contributed by atoms with Crippen LogP contribution in [0.15, 0.2) is 0 Å². The van der Waals surface area contributed by atoms with Crippen molar-refractivity contribution in [3.63, 3.8) is 0 Å². The molecule has 0 radical (unpaired) electrons. The second-order valence-corrected chi connectivity index (χ2v) is 5.09. The highest BCUT2D eigenvalue weighted by Crippen LogP contribution is 2.29. The molecule has 3 N–H and O–H groups in total. The molecule has 0 bridgehead atoms. The molecule has 1 unspecified atom stereocenters. The summed E-state index contributed by atoms with van der Waals surface area (Å²) in [4.78, 5) is 22.2. The van der Waals surface area contributed by atoms with E-state index in [1.165, 1.54) is 0 Å². The predicted octanol–water partition coefficient (Wildman–Crippen LogP) is 2.41. The van der Waals surface area contributed by atoms with Crippen LogP contribution in [-0.4, -0.2) is 31.4 Å². The molecule has 0 aliphatic carbocycles. The lowest BCUT2D eigenvalue weighted by Crippen LogP contribution is -2.38. The number of ether oxygens (including phenoxy) is 2. The first-order chi connectivity index (χ1) is 8.85. The Kier molecular flexibility index (Phi) is 7.95. The second-order valence-electron chi connectivity index (χ2n) is 5.09. The van der Waals surface area contributed by atoms with Gasteiger partial charge in [0.2, 0.25) is 0 Å². The van der Waals surface area contributed by atoms with Gasteiger partial charge in [-0.3, -0.25) is 0 Å². The normalized spacial score (nSPS) is 13.7. The van der Waals surface area contributed by atoms with Crippen LogP contribution in [0.4, 0.5) is 9.59 Å². The maximum Gasteiger partial charge on any atom is 0.407 e. The van der Waals surface area contributed by atoms with E-state index >= 15 is 0 Å². The molecule has 0 heterocycles. The number of rotatable bonds is 8. The van der Waals surface area contributed by atoms with Crippen molar-refractivity contribution in [2.24, 2.45) is 11.1 Å². The lowest BCUT2D eigenvalue weighted by Gasteiger charge is -2.31. The van der Waals surface area contributed by atoms with Crippen molar-refractivity contribution in [3.8, 4) is 0 Å². The van der Waals surface area contributed by atoms with Gasteiger partial charge in [-0.15, -0.1) is 0 Å². The van der Waals surface area contributed by atoms with Crippen LogP contribution in [0.2, 0.25) is 0 Å². The van der Waals surface area contributed by atoms with Crippen LogP contribution in [-0.2, 0) is 9.47 Å². The molecule has 0 aromatic rings. The highest BCUT2D eigenvalue weighted by atomic mass is 16.6. The molecule has 0 aromatic heterocycles. The minimum absolute atomic E-state index is 0.0246. The molecular weight excluding hydrogens is 248 g/mol. The smallest absolute Gasteiger partial charge is 0.407 e. The third-order valence-corrected chi connectivity index (χ3v) is 2.97. The summed E-state index contributed by atoms with van der Waals surface area (Å²) in [5.41, 5.74) is 4.63. The van der Waals surface area contributed by atoms with Crippen molar-refractivity contribution in [2.45, 2.75) is 53.0 Å². The molecule has 19 heavy (non-hydrogen) atoms. The fourth-order valence-electron chi connectivity index (χ4n) is 1.82. The third-order valence-electron chi connectivity index (χ3n) is 2.97. The molecule has 0 saturated carbocycles. The number of alkyl carbamates (subject to hydrolysis) is 1. The fraction of sp³-hybridized carbons (Fsp3) is 0.846. The van der Waals surface area contributed by atoms with E-state index in [1.807, 2.05) is 27.7 Å². The van der Waals surface area contributed by atoms with Crippen molar-refractivity contribution in [2.75, 3.05) is 13.2 Å². The summed E-state index contributed by atoms with van der Waals surface area (Å²) >= 11 is 0. The summed E-state index contributed by atoms with van der Waals surface area (Å²) < 4.78 is 10.1. The zero-order valence-electron chi connectivity index (χ0n) is 12.3. The standard InChI is InChI=1S/C13H26N2O4/c1-5-7-13(6-2,8-18-11(14)16)9-19-12(17)15-10(3)4/h10H,5-9H2,1-4H3,(H2,14,16)(H,15,17). The highest BCUT2D eigenvalue weighted by Gasteiger charge is 2.31. The lowest BCUT2D eigenvalue weighted by atomic mass is 9.82. The van der Waals surface area contributed by atoms with E-state index in [0.717, 1.165) is 19.3 Å². The minimum Gasteiger partial charge on any atom is -0.449 e. The number of nitrogens with one attached hydrogen (secondary N) is 1. The number of hydrogen-bond acceptors (Lipinski definition) is 4. The van der Waals surface area contributed by atoms with Gasteiger partial charge in [-0.05, 0) is 26.7 Å². The van der Waals surface area contributed by atoms with E-state index in [4.69, 9.17) is 15.2 Å². The first-order valence-corrected chi connectivity index (χ1v) is 6.70. The first-order valence-electron chi connectivity index (χ1n) is 6.70. The van der Waals surface area contributed by atoms with Crippen LogP contribution in [0.25, 0.3) is 0 Å². The molecule has 6 heteroatoms. The molecule has 0 spiro atoms. The zero-order chi connectivity index (χ0) is 14.9. The maximum absolute atomic E-state index is 11.5. The molecule has 0 fully saturated rings. The SMILES string of the molecule is CCCC(CC)(COC(N)=O)COC(=O)NC(C)C. The molecule has 0 aliphatic rings. The third kappa shape index (κ3) is 7.54. The van der Waals surface area contributed by atoms with E-state index < -0.39 is 12.2 Å². The van der Waals surface area contributed by atoms with Gasteiger partial charge >= 0.3 is 12.2 Å². The Balaban J connectivity index is 4.47. The van der Waals surface area contributed by atoms with Crippen molar-refractivity contribution in [1.29, 1.82) is 0 Å². The fourth-order valence-corrected chi connectivity index (χ4v) is 1.82. The summed E-state index contributed by atoms with van der Waals surface area (Å²) in [7, 11) is 0. The summed E-state index contributed by atoms with van der Waals surface area (Å²) in [6.45, 7) is 8.10. The monoisotopic (exact) mass is 274 g/mol. The van der Waals surface area contributed by atoms with Crippen LogP contribution in [0, 0.1) is 5.41 Å². The van der Waals surface area contributed by atoms with Gasteiger partial charge in [-0.1, -0.05) is 20.3 Å². The van der Waals surface area contributed by atoms with Gasteiger partial charge in [0.25, 0.3) is 0 Å². The predicted molar refractivity (Wildman–Crippen MR) is 72.8 cm³/mol. The summed E-state index contributed by atoms with van der Waals surface area (Å²) in [5.74, 6) is 0. The average molecular weight is 274 g/mol. The van der Waals surface area contributed by atoms with E-state index in [-0.39, 0.29) is 24.7 Å². The molecule has 0 rings (SSSR count). The Morgan fingerprint density at radius 1 is 1.21 bits per heavy atom. The maximum atomic E-state index is 11.5. The Hall–Kier alpha value is -1.46. The first kappa shape index (κ1) is 17.5. The van der Waals surface area contributed by atoms with Crippen molar-refractivity contribution < 1.29 is 19.1 Å². The van der Waals surface area contributed by atoms with Gasteiger partial charge in [0.15, 0.2) is 0 Å². The van der Waals surface area contributed by atoms with Gasteiger partial charge < -0.3 is 20.5 Å². The number of carbonyl (C=O) groups is 2. The Bertz CT molecular complexity index is 294. The summed E-state index contributed by atoms with van der Waals surface area (Å²) in [5, 5.41) is 2.65. The van der Waals surface area contributed by atoms with E-state index in [0.29, 0.717) is 0 Å². The van der Waals surface area contributed by atoms with Gasteiger partial charge in [-0.25, -0.2) is 9.59 Å². The van der Waals surface area contributed by atoms with Crippen LogP contribution in [0.3, 0.4) is 0 Å². The zero-order valence-corrected chi connectivity index (χ0v) is 12.3. The number of carbonyl (C=O) groups excluding carboxylic acids is 2. The molecule has 0 aromatic carbocycles. The van der Waals surface area contributed by atoms with Gasteiger partial charge in [-0.2, -0.15) is 0 Å². The molecule has 0 aliphatic heterocycles. The molecule has 6 nitrogen and oxygen atoms in total. The number of hydrogen-bond donors (Lipinski definition) is 2. The van der Waals surface area contributed by atoms with Crippen LogP contribution < -0.4 is 11.1 Å².